The van der Waals surface area contributed by atoms with Crippen LogP contribution in [0.1, 0.15) is 20.7 Å². The van der Waals surface area contributed by atoms with Crippen molar-refractivity contribution in [3.05, 3.63) is 84.1 Å². The Morgan fingerprint density at radius 3 is 2.33 bits per heavy atom. The van der Waals surface area contributed by atoms with Crippen LogP contribution in [0.4, 0.5) is 5.69 Å². The zero-order chi connectivity index (χ0) is 20.7. The van der Waals surface area contributed by atoms with Gasteiger partial charge in [0.1, 0.15) is 11.4 Å². The van der Waals surface area contributed by atoms with Crippen molar-refractivity contribution in [1.29, 1.82) is 0 Å². The van der Waals surface area contributed by atoms with Crippen LogP contribution in [0.25, 0.3) is 22.4 Å². The number of rotatable bonds is 4. The van der Waals surface area contributed by atoms with E-state index in [-0.39, 0.29) is 11.8 Å². The lowest BCUT2D eigenvalue weighted by atomic mass is 10.0. The molecular weight excluding hydrogens is 380 g/mol. The van der Waals surface area contributed by atoms with Crippen molar-refractivity contribution in [3.63, 3.8) is 0 Å². The molecule has 0 radical (unpaired) electrons. The van der Waals surface area contributed by atoms with Gasteiger partial charge in [0.2, 0.25) is 0 Å². The van der Waals surface area contributed by atoms with Gasteiger partial charge in [-0.2, -0.15) is 0 Å². The Morgan fingerprint density at radius 2 is 1.60 bits per heavy atom. The molecule has 1 aliphatic heterocycles. The van der Waals surface area contributed by atoms with E-state index in [1.807, 2.05) is 42.5 Å². The predicted molar refractivity (Wildman–Crippen MR) is 111 cm³/mol. The Morgan fingerprint density at radius 1 is 0.833 bits per heavy atom. The van der Waals surface area contributed by atoms with Gasteiger partial charge >= 0.3 is 0 Å². The lowest BCUT2D eigenvalue weighted by Gasteiger charge is -2.15. The van der Waals surface area contributed by atoms with Crippen molar-refractivity contribution in [2.24, 2.45) is 0 Å². The second-order valence-corrected chi connectivity index (χ2v) is 6.84. The maximum Gasteiger partial charge on any atom is 0.266 e. The van der Waals surface area contributed by atoms with E-state index in [9.17, 15) is 9.59 Å². The quantitative estimate of drug-likeness (QED) is 0.528. The van der Waals surface area contributed by atoms with E-state index in [4.69, 9.17) is 4.74 Å². The molecule has 3 aromatic carbocycles. The summed E-state index contributed by atoms with van der Waals surface area (Å²) in [7, 11) is 1.62. The molecule has 0 spiro atoms. The van der Waals surface area contributed by atoms with E-state index < -0.39 is 0 Å². The number of imide groups is 1. The summed E-state index contributed by atoms with van der Waals surface area (Å²) in [4.78, 5) is 27.3. The monoisotopic (exact) mass is 396 g/mol. The van der Waals surface area contributed by atoms with Gasteiger partial charge in [0.15, 0.2) is 0 Å². The Balaban J connectivity index is 1.51. The van der Waals surface area contributed by atoms with E-state index in [2.05, 4.69) is 15.4 Å². The number of nitrogens with one attached hydrogen (secondary N) is 1. The molecule has 0 saturated carbocycles. The van der Waals surface area contributed by atoms with Gasteiger partial charge in [0.25, 0.3) is 11.8 Å². The SMILES string of the molecule is COc1ccc(-c2cccc(N3C(=O)c4ccc(-c5c[nH]nn5)cc4C3=O)c2)cc1. The van der Waals surface area contributed by atoms with Crippen LogP contribution in [0.15, 0.2) is 72.9 Å². The lowest BCUT2D eigenvalue weighted by molar-refractivity contribution is 0.0926. The van der Waals surface area contributed by atoms with Crippen molar-refractivity contribution in [2.45, 2.75) is 0 Å². The van der Waals surface area contributed by atoms with Gasteiger partial charge in [-0.05, 0) is 47.5 Å². The summed E-state index contributed by atoms with van der Waals surface area (Å²) >= 11 is 0. The van der Waals surface area contributed by atoms with Gasteiger partial charge in [0.05, 0.1) is 23.9 Å². The minimum absolute atomic E-state index is 0.339. The number of ether oxygens (including phenoxy) is 1. The molecule has 1 aromatic heterocycles. The van der Waals surface area contributed by atoms with Crippen LogP contribution in [0.2, 0.25) is 0 Å². The van der Waals surface area contributed by atoms with Crippen LogP contribution >= 0.6 is 0 Å². The standard InChI is InChI=1S/C23H16N4O3/c1-30-18-8-5-14(6-9-18)15-3-2-4-17(11-15)27-22(28)19-10-7-16(12-20(19)23(27)29)21-13-24-26-25-21/h2-13H,1H3,(H,24,25,26). The summed E-state index contributed by atoms with van der Waals surface area (Å²) in [6.07, 6.45) is 1.64. The molecular formula is C23H16N4O3. The Labute approximate surface area is 171 Å². The van der Waals surface area contributed by atoms with Gasteiger partial charge in [0, 0.05) is 11.8 Å². The van der Waals surface area contributed by atoms with Gasteiger partial charge in [-0.1, -0.05) is 35.5 Å². The van der Waals surface area contributed by atoms with E-state index in [1.54, 1.807) is 37.6 Å². The highest BCUT2D eigenvalue weighted by atomic mass is 16.5. The molecule has 2 heterocycles. The number of nitrogens with zero attached hydrogens (tertiary/aromatic N) is 3. The average Bonchev–Trinajstić information content (AvgIpc) is 3.41. The van der Waals surface area contributed by atoms with Gasteiger partial charge in [-0.25, -0.2) is 4.90 Å². The molecule has 2 amide bonds. The first-order valence-electron chi connectivity index (χ1n) is 9.30. The van der Waals surface area contributed by atoms with Crippen molar-refractivity contribution in [3.8, 4) is 28.1 Å². The zero-order valence-electron chi connectivity index (χ0n) is 16.0. The summed E-state index contributed by atoms with van der Waals surface area (Å²) in [6.45, 7) is 0. The summed E-state index contributed by atoms with van der Waals surface area (Å²) in [5, 5.41) is 10.3. The Bertz CT molecular complexity index is 1260. The third kappa shape index (κ3) is 2.84. The van der Waals surface area contributed by atoms with E-state index in [1.165, 1.54) is 4.90 Å². The maximum atomic E-state index is 13.1. The van der Waals surface area contributed by atoms with Crippen molar-refractivity contribution < 1.29 is 14.3 Å². The fourth-order valence-electron chi connectivity index (χ4n) is 3.59. The molecule has 0 aliphatic carbocycles. The van der Waals surface area contributed by atoms with E-state index in [0.717, 1.165) is 22.4 Å². The number of H-pyrrole nitrogens is 1. The number of carbonyl (C=O) groups excluding carboxylic acids is 2. The molecule has 0 bridgehead atoms. The number of carbonyl (C=O) groups is 2. The van der Waals surface area contributed by atoms with Crippen LogP contribution in [0.5, 0.6) is 5.75 Å². The van der Waals surface area contributed by atoms with Crippen LogP contribution < -0.4 is 9.64 Å². The van der Waals surface area contributed by atoms with Crippen LogP contribution in [0, 0.1) is 0 Å². The summed E-state index contributed by atoms with van der Waals surface area (Å²) < 4.78 is 5.20. The molecule has 7 nitrogen and oxygen atoms in total. The fourth-order valence-corrected chi connectivity index (χ4v) is 3.59. The number of amides is 2. The van der Waals surface area contributed by atoms with Crippen LogP contribution in [-0.2, 0) is 0 Å². The molecule has 30 heavy (non-hydrogen) atoms. The largest absolute Gasteiger partial charge is 0.497 e. The molecule has 0 fully saturated rings. The topological polar surface area (TPSA) is 88.2 Å². The van der Waals surface area contributed by atoms with Gasteiger partial charge < -0.3 is 4.74 Å². The molecule has 7 heteroatoms. The molecule has 1 N–H and O–H groups in total. The zero-order valence-corrected chi connectivity index (χ0v) is 16.0. The number of hydrogen-bond acceptors (Lipinski definition) is 5. The first-order valence-corrected chi connectivity index (χ1v) is 9.30. The second kappa shape index (κ2) is 6.97. The molecule has 4 aromatic rings. The van der Waals surface area contributed by atoms with Crippen molar-refractivity contribution in [2.75, 3.05) is 12.0 Å². The highest BCUT2D eigenvalue weighted by molar-refractivity contribution is 6.34. The molecule has 0 saturated heterocycles. The lowest BCUT2D eigenvalue weighted by Crippen LogP contribution is -2.29. The number of benzene rings is 3. The van der Waals surface area contributed by atoms with Crippen LogP contribution in [0.3, 0.4) is 0 Å². The Kier molecular flexibility index (Phi) is 4.14. The number of aromatic nitrogens is 3. The van der Waals surface area contributed by atoms with Gasteiger partial charge in [-0.15, -0.1) is 5.10 Å². The van der Waals surface area contributed by atoms with E-state index >= 15 is 0 Å². The first kappa shape index (κ1) is 17.8. The summed E-state index contributed by atoms with van der Waals surface area (Å²) in [5.41, 5.74) is 4.45. The van der Waals surface area contributed by atoms with Crippen LogP contribution in [-0.4, -0.2) is 34.3 Å². The molecule has 5 rings (SSSR count). The highest BCUT2D eigenvalue weighted by Crippen LogP contribution is 2.33. The van der Waals surface area contributed by atoms with Crippen molar-refractivity contribution in [1.82, 2.24) is 15.4 Å². The first-order chi connectivity index (χ1) is 14.7. The smallest absolute Gasteiger partial charge is 0.266 e. The predicted octanol–water partition coefficient (Wildman–Crippen LogP) is 3.95. The fraction of sp³-hybridized carbons (Fsp3) is 0.0435. The third-order valence-corrected chi connectivity index (χ3v) is 5.13. The Hall–Kier alpha value is -4.26. The summed E-state index contributed by atoms with van der Waals surface area (Å²) in [6, 6.07) is 20.1. The minimum atomic E-state index is -0.354. The highest BCUT2D eigenvalue weighted by Gasteiger charge is 2.37. The normalized spacial score (nSPS) is 12.9. The number of hydrogen-bond donors (Lipinski definition) is 1. The van der Waals surface area contributed by atoms with Gasteiger partial charge in [-0.3, -0.25) is 14.7 Å². The molecule has 0 atom stereocenters. The number of aromatic amines is 1. The summed E-state index contributed by atoms with van der Waals surface area (Å²) in [5.74, 6) is 0.0685. The molecule has 146 valence electrons. The van der Waals surface area contributed by atoms with E-state index in [0.29, 0.717) is 22.5 Å². The number of methoxy groups -OCH3 is 1. The number of anilines is 1. The number of fused-ring (bicyclic) bond motifs is 1. The second-order valence-electron chi connectivity index (χ2n) is 6.84. The average molecular weight is 396 g/mol. The maximum absolute atomic E-state index is 13.1. The minimum Gasteiger partial charge on any atom is -0.497 e. The molecule has 1 aliphatic rings. The van der Waals surface area contributed by atoms with Crippen molar-refractivity contribution >= 4 is 17.5 Å². The third-order valence-electron chi connectivity index (χ3n) is 5.13. The molecule has 0 unspecified atom stereocenters.